The molecule has 2 aliphatic carbocycles. The summed E-state index contributed by atoms with van der Waals surface area (Å²) < 4.78 is 5.38. The molecule has 0 bridgehead atoms. The summed E-state index contributed by atoms with van der Waals surface area (Å²) in [5.41, 5.74) is 5.99. The predicted molar refractivity (Wildman–Crippen MR) is 73.7 cm³/mol. The number of ether oxygens (including phenoxy) is 1. The summed E-state index contributed by atoms with van der Waals surface area (Å²) in [7, 11) is 1.73. The van der Waals surface area contributed by atoms with Crippen molar-refractivity contribution in [3.63, 3.8) is 0 Å². The molecule has 2 saturated carbocycles. The number of nitrogens with one attached hydrogen (secondary N) is 1. The molecule has 0 saturated heterocycles. The Morgan fingerprint density at radius 2 is 2.06 bits per heavy atom. The highest BCUT2D eigenvalue weighted by Gasteiger charge is 2.49. The van der Waals surface area contributed by atoms with E-state index in [1.54, 1.807) is 7.11 Å². The fourth-order valence-corrected chi connectivity index (χ4v) is 3.12. The highest BCUT2D eigenvalue weighted by molar-refractivity contribution is 5.85. The van der Waals surface area contributed by atoms with Gasteiger partial charge in [0.15, 0.2) is 0 Å². The van der Waals surface area contributed by atoms with Gasteiger partial charge >= 0.3 is 0 Å². The molecule has 2 fully saturated rings. The van der Waals surface area contributed by atoms with Crippen molar-refractivity contribution in [1.82, 2.24) is 5.32 Å². The molecule has 0 aromatic carbocycles. The number of hydrogen-bond donors (Lipinski definition) is 2. The van der Waals surface area contributed by atoms with Gasteiger partial charge in [-0.15, -0.1) is 12.4 Å². The van der Waals surface area contributed by atoms with Gasteiger partial charge in [-0.05, 0) is 19.3 Å². The Labute approximate surface area is 115 Å². The summed E-state index contributed by atoms with van der Waals surface area (Å²) >= 11 is 0. The van der Waals surface area contributed by atoms with Crippen LogP contribution in [0.3, 0.4) is 0 Å². The smallest absolute Gasteiger partial charge is 0.224 e. The minimum atomic E-state index is 0. The van der Waals surface area contributed by atoms with Crippen LogP contribution in [0.1, 0.15) is 39.5 Å². The molecule has 4 unspecified atom stereocenters. The molecule has 0 aliphatic heterocycles. The molecule has 2 aliphatic rings. The molecular weight excluding hydrogens is 252 g/mol. The second-order valence-corrected chi connectivity index (χ2v) is 6.04. The van der Waals surface area contributed by atoms with Gasteiger partial charge in [0, 0.05) is 24.6 Å². The van der Waals surface area contributed by atoms with Crippen LogP contribution in [0.4, 0.5) is 0 Å². The molecule has 0 heterocycles. The summed E-state index contributed by atoms with van der Waals surface area (Å²) in [5.74, 6) is 0.162. The second-order valence-electron chi connectivity index (χ2n) is 6.04. The van der Waals surface area contributed by atoms with E-state index >= 15 is 0 Å². The van der Waals surface area contributed by atoms with Crippen molar-refractivity contribution >= 4 is 18.3 Å². The first-order valence-electron chi connectivity index (χ1n) is 6.55. The highest BCUT2D eigenvalue weighted by Crippen LogP contribution is 2.42. The van der Waals surface area contributed by atoms with Gasteiger partial charge in [-0.25, -0.2) is 0 Å². The molecule has 4 atom stereocenters. The van der Waals surface area contributed by atoms with Crippen molar-refractivity contribution in [2.24, 2.45) is 17.1 Å². The molecule has 106 valence electrons. The van der Waals surface area contributed by atoms with Crippen molar-refractivity contribution in [2.45, 2.75) is 57.7 Å². The summed E-state index contributed by atoms with van der Waals surface area (Å²) in [4.78, 5) is 12.1. The summed E-state index contributed by atoms with van der Waals surface area (Å²) in [6.07, 6.45) is 4.16. The zero-order valence-electron chi connectivity index (χ0n) is 11.4. The minimum Gasteiger partial charge on any atom is -0.381 e. The third-order valence-corrected chi connectivity index (χ3v) is 4.68. The van der Waals surface area contributed by atoms with Crippen LogP contribution in [-0.4, -0.2) is 31.2 Å². The number of rotatable bonds is 3. The quantitative estimate of drug-likeness (QED) is 0.820. The lowest BCUT2D eigenvalue weighted by Crippen LogP contribution is -2.62. The van der Waals surface area contributed by atoms with E-state index in [1.165, 1.54) is 0 Å². The van der Waals surface area contributed by atoms with Crippen LogP contribution in [0.15, 0.2) is 0 Å². The van der Waals surface area contributed by atoms with Crippen LogP contribution in [0.5, 0.6) is 0 Å². The standard InChI is InChI=1S/C13H24N2O2.ClH/c1-13(2)10(7-11(13)17-3)15-12(16)8-5-4-6-9(8)14;/h8-11H,4-7,14H2,1-3H3,(H,15,16);1H. The normalized spacial score (nSPS) is 37.6. The summed E-state index contributed by atoms with van der Waals surface area (Å²) in [6.45, 7) is 4.29. The van der Waals surface area contributed by atoms with E-state index in [0.717, 1.165) is 25.7 Å². The monoisotopic (exact) mass is 276 g/mol. The number of carbonyl (C=O) groups is 1. The van der Waals surface area contributed by atoms with E-state index < -0.39 is 0 Å². The van der Waals surface area contributed by atoms with Crippen molar-refractivity contribution in [1.29, 1.82) is 0 Å². The van der Waals surface area contributed by atoms with E-state index in [4.69, 9.17) is 10.5 Å². The van der Waals surface area contributed by atoms with E-state index in [0.29, 0.717) is 0 Å². The Balaban J connectivity index is 0.00000162. The average Bonchev–Trinajstić information content (AvgIpc) is 2.69. The maximum Gasteiger partial charge on any atom is 0.224 e. The van der Waals surface area contributed by atoms with E-state index in [9.17, 15) is 4.79 Å². The third-order valence-electron chi connectivity index (χ3n) is 4.68. The fourth-order valence-electron chi connectivity index (χ4n) is 3.12. The highest BCUT2D eigenvalue weighted by atomic mass is 35.5. The Bertz CT molecular complexity index is 309. The Morgan fingerprint density at radius 1 is 1.39 bits per heavy atom. The van der Waals surface area contributed by atoms with Crippen molar-refractivity contribution in [3.05, 3.63) is 0 Å². The van der Waals surface area contributed by atoms with Gasteiger partial charge in [0.2, 0.25) is 5.91 Å². The third kappa shape index (κ3) is 2.65. The van der Waals surface area contributed by atoms with Gasteiger partial charge in [-0.3, -0.25) is 4.79 Å². The number of halogens is 1. The van der Waals surface area contributed by atoms with Crippen LogP contribution < -0.4 is 11.1 Å². The largest absolute Gasteiger partial charge is 0.381 e. The van der Waals surface area contributed by atoms with Crippen LogP contribution in [0.2, 0.25) is 0 Å². The van der Waals surface area contributed by atoms with Crippen LogP contribution in [0, 0.1) is 11.3 Å². The van der Waals surface area contributed by atoms with Gasteiger partial charge < -0.3 is 15.8 Å². The lowest BCUT2D eigenvalue weighted by molar-refractivity contribution is -0.136. The molecule has 4 nitrogen and oxygen atoms in total. The number of methoxy groups -OCH3 is 1. The van der Waals surface area contributed by atoms with E-state index in [-0.39, 0.29) is 47.8 Å². The SMILES string of the molecule is COC1CC(NC(=O)C2CCCC2N)C1(C)C.Cl. The van der Waals surface area contributed by atoms with Crippen LogP contribution >= 0.6 is 12.4 Å². The van der Waals surface area contributed by atoms with Crippen LogP contribution in [-0.2, 0) is 9.53 Å². The Kier molecular flexibility index (Phi) is 5.04. The van der Waals surface area contributed by atoms with Gasteiger partial charge in [0.05, 0.1) is 12.0 Å². The molecule has 3 N–H and O–H groups in total. The molecular formula is C13H25ClN2O2. The lowest BCUT2D eigenvalue weighted by atomic mass is 9.64. The van der Waals surface area contributed by atoms with Gasteiger partial charge in [-0.1, -0.05) is 20.3 Å². The predicted octanol–water partition coefficient (Wildman–Crippen LogP) is 1.47. The number of hydrogen-bond acceptors (Lipinski definition) is 3. The Morgan fingerprint density at radius 3 is 2.50 bits per heavy atom. The zero-order valence-corrected chi connectivity index (χ0v) is 12.3. The number of amides is 1. The molecule has 5 heteroatoms. The molecule has 0 aromatic rings. The maximum absolute atomic E-state index is 12.1. The summed E-state index contributed by atoms with van der Waals surface area (Å²) in [5, 5.41) is 3.14. The van der Waals surface area contributed by atoms with Gasteiger partial charge in [0.25, 0.3) is 0 Å². The summed E-state index contributed by atoms with van der Waals surface area (Å²) in [6, 6.07) is 0.282. The van der Waals surface area contributed by atoms with Gasteiger partial charge in [-0.2, -0.15) is 0 Å². The topological polar surface area (TPSA) is 64.3 Å². The Hall–Kier alpha value is -0.320. The van der Waals surface area contributed by atoms with Crippen molar-refractivity contribution in [2.75, 3.05) is 7.11 Å². The fraction of sp³-hybridized carbons (Fsp3) is 0.923. The molecule has 0 radical (unpaired) electrons. The molecule has 2 rings (SSSR count). The number of nitrogens with two attached hydrogens (primary N) is 1. The van der Waals surface area contributed by atoms with Crippen molar-refractivity contribution < 1.29 is 9.53 Å². The average molecular weight is 277 g/mol. The molecule has 0 aromatic heterocycles. The first-order chi connectivity index (χ1) is 7.96. The maximum atomic E-state index is 12.1. The molecule has 1 amide bonds. The minimum absolute atomic E-state index is 0. The number of carbonyl (C=O) groups excluding carboxylic acids is 1. The molecule has 18 heavy (non-hydrogen) atoms. The van der Waals surface area contributed by atoms with Crippen LogP contribution in [0.25, 0.3) is 0 Å². The van der Waals surface area contributed by atoms with E-state index in [2.05, 4.69) is 19.2 Å². The molecule has 0 spiro atoms. The first kappa shape index (κ1) is 15.7. The van der Waals surface area contributed by atoms with Gasteiger partial charge in [0.1, 0.15) is 0 Å². The van der Waals surface area contributed by atoms with E-state index in [1.807, 2.05) is 0 Å². The first-order valence-corrected chi connectivity index (χ1v) is 6.55. The lowest BCUT2D eigenvalue weighted by Gasteiger charge is -2.51. The second kappa shape index (κ2) is 5.76. The zero-order chi connectivity index (χ0) is 12.6. The van der Waals surface area contributed by atoms with Crippen molar-refractivity contribution in [3.8, 4) is 0 Å².